The molecule has 5 nitrogen and oxygen atoms in total. The van der Waals surface area contributed by atoms with E-state index in [1.807, 2.05) is 0 Å². The van der Waals surface area contributed by atoms with Crippen molar-refractivity contribution in [2.45, 2.75) is 5.25 Å². The summed E-state index contributed by atoms with van der Waals surface area (Å²) in [6.07, 6.45) is 1.61. The number of aliphatic carboxylic acids is 2. The standard InChI is InChI=1S/C6H11NO4S.2K/c1-12-4(6(10)11)2-7-3-5(8)9;;/h4,7H,2-3H2,1H3,(H,8,9)(H,10,11);;/q;2*+1/p-2. The Balaban J connectivity index is -0.000000605. The Bertz CT molecular complexity index is 181. The number of hydrogen-bond donors (Lipinski definition) is 1. The van der Waals surface area contributed by atoms with Gasteiger partial charge in [0.1, 0.15) is 0 Å². The second-order valence-electron chi connectivity index (χ2n) is 2.05. The number of rotatable bonds is 6. The molecule has 70 valence electrons. The average molecular weight is 269 g/mol. The minimum atomic E-state index is -1.26. The Morgan fingerprint density at radius 3 is 2.14 bits per heavy atom. The summed E-state index contributed by atoms with van der Waals surface area (Å²) in [7, 11) is 0. The van der Waals surface area contributed by atoms with Crippen LogP contribution in [-0.2, 0) is 9.59 Å². The third-order valence-electron chi connectivity index (χ3n) is 1.15. The molecule has 1 N–H and O–H groups in total. The van der Waals surface area contributed by atoms with Gasteiger partial charge in [0.25, 0.3) is 0 Å². The van der Waals surface area contributed by atoms with Crippen LogP contribution in [0.1, 0.15) is 0 Å². The Hall–Kier alpha value is 2.52. The second-order valence-corrected chi connectivity index (χ2v) is 3.09. The smallest absolute Gasteiger partial charge is 0.549 e. The first kappa shape index (κ1) is 21.8. The van der Waals surface area contributed by atoms with E-state index in [1.54, 1.807) is 6.26 Å². The molecule has 0 rings (SSSR count). The zero-order valence-electron chi connectivity index (χ0n) is 8.53. The second kappa shape index (κ2) is 13.6. The molecule has 14 heavy (non-hydrogen) atoms. The number of carboxylic acids is 2. The Morgan fingerprint density at radius 2 is 1.86 bits per heavy atom. The van der Waals surface area contributed by atoms with Crippen LogP contribution in [0.4, 0.5) is 0 Å². The molecule has 0 aliphatic heterocycles. The molecule has 0 radical (unpaired) electrons. The van der Waals surface area contributed by atoms with Crippen LogP contribution in [0.2, 0.25) is 0 Å². The number of carbonyl (C=O) groups excluding carboxylic acids is 2. The van der Waals surface area contributed by atoms with E-state index in [0.717, 1.165) is 11.8 Å². The van der Waals surface area contributed by atoms with Crippen LogP contribution in [0, 0.1) is 0 Å². The fraction of sp³-hybridized carbons (Fsp3) is 0.667. The van der Waals surface area contributed by atoms with Gasteiger partial charge in [-0.3, -0.25) is 0 Å². The van der Waals surface area contributed by atoms with Crippen molar-refractivity contribution in [2.75, 3.05) is 19.3 Å². The van der Waals surface area contributed by atoms with Gasteiger partial charge >= 0.3 is 103 Å². The van der Waals surface area contributed by atoms with Gasteiger partial charge in [-0.15, -0.1) is 0 Å². The first-order valence-corrected chi connectivity index (χ1v) is 4.51. The van der Waals surface area contributed by atoms with Crippen molar-refractivity contribution in [2.24, 2.45) is 0 Å². The van der Waals surface area contributed by atoms with Gasteiger partial charge in [-0.2, -0.15) is 11.8 Å². The molecule has 0 aliphatic rings. The summed E-state index contributed by atoms with van der Waals surface area (Å²) in [5, 5.41) is 21.9. The summed E-state index contributed by atoms with van der Waals surface area (Å²) in [4.78, 5) is 20.2. The van der Waals surface area contributed by atoms with Gasteiger partial charge in [-0.25, -0.2) is 0 Å². The zero-order chi connectivity index (χ0) is 9.56. The van der Waals surface area contributed by atoms with E-state index in [-0.39, 0.29) is 116 Å². The Labute approximate surface area is 172 Å². The predicted octanol–water partition coefficient (Wildman–Crippen LogP) is -9.18. The van der Waals surface area contributed by atoms with Crippen LogP contribution in [-0.4, -0.2) is 36.5 Å². The molecular formula is C6H9K2NO4S. The van der Waals surface area contributed by atoms with Gasteiger partial charge in [0.15, 0.2) is 0 Å². The third kappa shape index (κ3) is 12.6. The van der Waals surface area contributed by atoms with Crippen molar-refractivity contribution in [1.29, 1.82) is 0 Å². The number of hydrogen-bond acceptors (Lipinski definition) is 6. The minimum Gasteiger partial charge on any atom is -0.549 e. The van der Waals surface area contributed by atoms with Gasteiger partial charge in [-0.1, -0.05) is 0 Å². The largest absolute Gasteiger partial charge is 1.00 e. The van der Waals surface area contributed by atoms with E-state index in [1.165, 1.54) is 0 Å². The molecule has 1 unspecified atom stereocenters. The first-order valence-electron chi connectivity index (χ1n) is 3.22. The maximum absolute atomic E-state index is 10.3. The molecule has 0 saturated heterocycles. The summed E-state index contributed by atoms with van der Waals surface area (Å²) in [5.74, 6) is -2.46. The van der Waals surface area contributed by atoms with Crippen LogP contribution in [0.5, 0.6) is 0 Å². The quantitative estimate of drug-likeness (QED) is 0.481. The average Bonchev–Trinajstić information content (AvgIpc) is 1.96. The van der Waals surface area contributed by atoms with Gasteiger partial charge in [0.2, 0.25) is 0 Å². The van der Waals surface area contributed by atoms with Gasteiger partial charge in [-0.05, 0) is 6.26 Å². The molecule has 8 heteroatoms. The van der Waals surface area contributed by atoms with Crippen molar-refractivity contribution >= 4 is 23.7 Å². The van der Waals surface area contributed by atoms with E-state index in [9.17, 15) is 19.8 Å². The first-order chi connectivity index (χ1) is 5.57. The summed E-state index contributed by atoms with van der Waals surface area (Å²) < 4.78 is 0. The molecule has 1 atom stereocenters. The summed E-state index contributed by atoms with van der Waals surface area (Å²) in [6.45, 7) is -0.276. The maximum Gasteiger partial charge on any atom is 1.00 e. The Kier molecular flexibility index (Phi) is 21.1. The van der Waals surface area contributed by atoms with E-state index in [4.69, 9.17) is 0 Å². The predicted molar refractivity (Wildman–Crippen MR) is 40.2 cm³/mol. The maximum atomic E-state index is 10.3. The van der Waals surface area contributed by atoms with Crippen molar-refractivity contribution in [3.05, 3.63) is 0 Å². The van der Waals surface area contributed by atoms with E-state index in [2.05, 4.69) is 5.32 Å². The molecule has 0 fully saturated rings. The fourth-order valence-electron chi connectivity index (χ4n) is 0.568. The van der Waals surface area contributed by atoms with Crippen LogP contribution < -0.4 is 118 Å². The van der Waals surface area contributed by atoms with E-state index >= 15 is 0 Å². The van der Waals surface area contributed by atoms with Crippen LogP contribution in [0.15, 0.2) is 0 Å². The number of carboxylic acid groups (broad SMARTS) is 2. The Morgan fingerprint density at radius 1 is 1.36 bits per heavy atom. The normalized spacial score (nSPS) is 10.6. The minimum absolute atomic E-state index is 0. The number of thioether (sulfide) groups is 1. The van der Waals surface area contributed by atoms with Crippen LogP contribution in [0.25, 0.3) is 0 Å². The van der Waals surface area contributed by atoms with Crippen molar-refractivity contribution in [3.8, 4) is 0 Å². The van der Waals surface area contributed by atoms with E-state index in [0.29, 0.717) is 0 Å². The monoisotopic (exact) mass is 269 g/mol. The van der Waals surface area contributed by atoms with Crippen LogP contribution in [0.3, 0.4) is 0 Å². The molecule has 0 aromatic carbocycles. The van der Waals surface area contributed by atoms with Crippen LogP contribution >= 0.6 is 11.8 Å². The summed E-state index contributed by atoms with van der Waals surface area (Å²) in [5.41, 5.74) is 0. The third-order valence-corrected chi connectivity index (χ3v) is 2.07. The molecule has 0 amide bonds. The van der Waals surface area contributed by atoms with Gasteiger partial charge in [0.05, 0.1) is 17.2 Å². The summed E-state index contributed by atoms with van der Waals surface area (Å²) in [6, 6.07) is 0. The molecule has 0 bridgehead atoms. The number of nitrogens with one attached hydrogen (secondary N) is 1. The van der Waals surface area contributed by atoms with Gasteiger partial charge < -0.3 is 25.1 Å². The topological polar surface area (TPSA) is 92.3 Å². The molecule has 0 spiro atoms. The molecule has 0 heterocycles. The molecule has 0 saturated carbocycles. The van der Waals surface area contributed by atoms with Crippen molar-refractivity contribution < 1.29 is 123 Å². The van der Waals surface area contributed by atoms with E-state index < -0.39 is 17.2 Å². The molecular weight excluding hydrogens is 260 g/mol. The number of carbonyl (C=O) groups is 2. The zero-order valence-corrected chi connectivity index (χ0v) is 15.6. The van der Waals surface area contributed by atoms with Crippen molar-refractivity contribution in [1.82, 2.24) is 5.32 Å². The summed E-state index contributed by atoms with van der Waals surface area (Å²) >= 11 is 1.09. The van der Waals surface area contributed by atoms with Crippen molar-refractivity contribution in [3.63, 3.8) is 0 Å². The molecule has 0 aromatic rings. The SMILES string of the molecule is CSC(CNCC(=O)[O-])C(=O)[O-].[K+].[K+]. The molecule has 0 aromatic heterocycles. The fourth-order valence-corrected chi connectivity index (χ4v) is 1.05. The van der Waals surface area contributed by atoms with Gasteiger partial charge in [0, 0.05) is 13.1 Å². The molecule has 0 aliphatic carbocycles.